The molecule has 1 saturated carbocycles. The number of esters is 1. The Morgan fingerprint density at radius 2 is 1.97 bits per heavy atom. The number of amides is 4. The Balaban J connectivity index is 1.49. The maximum atomic E-state index is 13.6. The van der Waals surface area contributed by atoms with E-state index in [0.717, 1.165) is 29.9 Å². The minimum atomic E-state index is -1.25. The van der Waals surface area contributed by atoms with Crippen LogP contribution < -0.4 is 10.6 Å². The second kappa shape index (κ2) is 8.14. The van der Waals surface area contributed by atoms with Gasteiger partial charge in [-0.3, -0.25) is 19.3 Å². The molecule has 1 heterocycles. The first-order chi connectivity index (χ1) is 13.7. The van der Waals surface area contributed by atoms with E-state index in [4.69, 9.17) is 4.74 Å². The predicted molar refractivity (Wildman–Crippen MR) is 96.6 cm³/mol. The molecule has 1 aromatic carbocycles. The zero-order valence-electron chi connectivity index (χ0n) is 15.8. The van der Waals surface area contributed by atoms with Gasteiger partial charge in [0.15, 0.2) is 6.10 Å². The molecule has 0 radical (unpaired) electrons. The first-order valence-corrected chi connectivity index (χ1v) is 9.31. The molecular weight excluding hydrogens is 388 g/mol. The molecule has 4 amide bonds. The van der Waals surface area contributed by atoms with Gasteiger partial charge < -0.3 is 15.4 Å². The molecule has 2 aliphatic rings. The molecule has 0 unspecified atom stereocenters. The fourth-order valence-electron chi connectivity index (χ4n) is 3.53. The van der Waals surface area contributed by atoms with E-state index in [1.807, 2.05) is 0 Å². The van der Waals surface area contributed by atoms with Crippen LogP contribution in [-0.2, 0) is 19.1 Å². The topological polar surface area (TPSA) is 105 Å². The smallest absolute Gasteiger partial charge is 0.325 e. The average molecular weight is 409 g/mol. The summed E-state index contributed by atoms with van der Waals surface area (Å²) in [5, 5.41) is 4.91. The summed E-state index contributed by atoms with van der Waals surface area (Å²) in [5.41, 5.74) is -1.10. The number of imide groups is 1. The van der Waals surface area contributed by atoms with E-state index in [-0.39, 0.29) is 24.6 Å². The van der Waals surface area contributed by atoms with Gasteiger partial charge in [-0.2, -0.15) is 0 Å². The highest BCUT2D eigenvalue weighted by Crippen LogP contribution is 2.35. The second-order valence-electron chi connectivity index (χ2n) is 7.17. The minimum Gasteiger partial charge on any atom is -0.452 e. The van der Waals surface area contributed by atoms with Crippen molar-refractivity contribution in [3.8, 4) is 0 Å². The van der Waals surface area contributed by atoms with Gasteiger partial charge in [0.05, 0.1) is 12.1 Å². The molecule has 1 spiro atoms. The molecule has 1 atom stereocenters. The van der Waals surface area contributed by atoms with Crippen LogP contribution in [0.4, 0.5) is 19.3 Å². The maximum absolute atomic E-state index is 13.6. The van der Waals surface area contributed by atoms with Crippen LogP contribution in [-0.4, -0.2) is 46.9 Å². The number of rotatable bonds is 6. The lowest BCUT2D eigenvalue weighted by Crippen LogP contribution is -2.44. The van der Waals surface area contributed by atoms with Crippen LogP contribution in [0.2, 0.25) is 0 Å². The number of anilines is 1. The Hall–Kier alpha value is -3.04. The van der Waals surface area contributed by atoms with Gasteiger partial charge in [0.1, 0.15) is 17.2 Å². The highest BCUT2D eigenvalue weighted by atomic mass is 19.1. The Morgan fingerprint density at radius 1 is 1.28 bits per heavy atom. The number of hydrogen-bond acceptors (Lipinski definition) is 5. The Bertz CT molecular complexity index is 854. The van der Waals surface area contributed by atoms with Crippen LogP contribution in [0.3, 0.4) is 0 Å². The van der Waals surface area contributed by atoms with Crippen molar-refractivity contribution in [1.29, 1.82) is 0 Å². The van der Waals surface area contributed by atoms with Crippen molar-refractivity contribution in [3.05, 3.63) is 29.8 Å². The lowest BCUT2D eigenvalue weighted by Gasteiger charge is -2.20. The molecule has 156 valence electrons. The van der Waals surface area contributed by atoms with Crippen LogP contribution >= 0.6 is 0 Å². The molecule has 8 nitrogen and oxygen atoms in total. The van der Waals surface area contributed by atoms with Gasteiger partial charge in [0, 0.05) is 12.6 Å². The summed E-state index contributed by atoms with van der Waals surface area (Å²) in [4.78, 5) is 49.6. The van der Waals surface area contributed by atoms with Crippen LogP contribution in [0.1, 0.15) is 39.0 Å². The van der Waals surface area contributed by atoms with Gasteiger partial charge in [0.25, 0.3) is 11.8 Å². The molecule has 2 fully saturated rings. The fraction of sp³-hybridized carbons (Fsp3) is 0.474. The number of ether oxygens (including phenoxy) is 1. The molecule has 3 rings (SSSR count). The monoisotopic (exact) mass is 409 g/mol. The van der Waals surface area contributed by atoms with Crippen molar-refractivity contribution in [1.82, 2.24) is 10.2 Å². The molecule has 29 heavy (non-hydrogen) atoms. The van der Waals surface area contributed by atoms with Crippen LogP contribution in [0.15, 0.2) is 18.2 Å². The molecular formula is C19H21F2N3O5. The highest BCUT2D eigenvalue weighted by molar-refractivity contribution is 6.07. The van der Waals surface area contributed by atoms with E-state index in [1.165, 1.54) is 6.92 Å². The largest absolute Gasteiger partial charge is 0.452 e. The third kappa shape index (κ3) is 4.36. The van der Waals surface area contributed by atoms with E-state index in [1.54, 1.807) is 0 Å². The number of urea groups is 1. The summed E-state index contributed by atoms with van der Waals surface area (Å²) in [7, 11) is 0. The van der Waals surface area contributed by atoms with E-state index < -0.39 is 41.2 Å². The molecule has 10 heteroatoms. The zero-order valence-corrected chi connectivity index (χ0v) is 15.8. The van der Waals surface area contributed by atoms with Gasteiger partial charge >= 0.3 is 12.0 Å². The average Bonchev–Trinajstić information content (AvgIpc) is 3.21. The van der Waals surface area contributed by atoms with E-state index >= 15 is 0 Å². The number of nitrogens with zero attached hydrogens (tertiary/aromatic N) is 1. The minimum absolute atomic E-state index is 0.161. The Kier molecular flexibility index (Phi) is 5.81. The first kappa shape index (κ1) is 20.7. The number of hydrogen-bond donors (Lipinski definition) is 2. The second-order valence-corrected chi connectivity index (χ2v) is 7.17. The summed E-state index contributed by atoms with van der Waals surface area (Å²) in [6, 6.07) is 2.10. The van der Waals surface area contributed by atoms with Crippen molar-refractivity contribution < 1.29 is 32.7 Å². The Morgan fingerprint density at radius 3 is 2.62 bits per heavy atom. The lowest BCUT2D eigenvalue weighted by molar-refractivity contribution is -0.153. The first-order valence-electron chi connectivity index (χ1n) is 9.31. The molecule has 0 bridgehead atoms. The van der Waals surface area contributed by atoms with Crippen molar-refractivity contribution in [2.75, 3.05) is 11.9 Å². The van der Waals surface area contributed by atoms with Crippen LogP contribution in [0.25, 0.3) is 0 Å². The van der Waals surface area contributed by atoms with Gasteiger partial charge in [-0.25, -0.2) is 13.6 Å². The van der Waals surface area contributed by atoms with E-state index in [2.05, 4.69) is 10.6 Å². The number of benzene rings is 1. The van der Waals surface area contributed by atoms with Gasteiger partial charge in [-0.1, -0.05) is 12.8 Å². The summed E-state index contributed by atoms with van der Waals surface area (Å²) < 4.78 is 31.5. The molecule has 1 saturated heterocycles. The van der Waals surface area contributed by atoms with Crippen molar-refractivity contribution >= 4 is 29.5 Å². The van der Waals surface area contributed by atoms with E-state index in [0.29, 0.717) is 18.9 Å². The number of carbonyl (C=O) groups is 4. The normalized spacial score (nSPS) is 18.7. The lowest BCUT2D eigenvalue weighted by atomic mass is 9.98. The highest BCUT2D eigenvalue weighted by Gasteiger charge is 2.52. The maximum Gasteiger partial charge on any atom is 0.325 e. The van der Waals surface area contributed by atoms with Crippen LogP contribution in [0, 0.1) is 11.6 Å². The molecule has 1 aromatic rings. The summed E-state index contributed by atoms with van der Waals surface area (Å²) in [6.45, 7) is 1.13. The van der Waals surface area contributed by atoms with Crippen molar-refractivity contribution in [2.45, 2.75) is 50.7 Å². The number of nitrogens with one attached hydrogen (secondary N) is 2. The van der Waals surface area contributed by atoms with Gasteiger partial charge in [0.2, 0.25) is 0 Å². The zero-order chi connectivity index (χ0) is 21.2. The van der Waals surface area contributed by atoms with E-state index in [9.17, 15) is 28.0 Å². The quantitative estimate of drug-likeness (QED) is 0.553. The van der Waals surface area contributed by atoms with Gasteiger partial charge in [-0.05, 0) is 31.9 Å². The molecule has 2 N–H and O–H groups in total. The number of halogens is 2. The third-order valence-electron chi connectivity index (χ3n) is 5.11. The van der Waals surface area contributed by atoms with Crippen molar-refractivity contribution in [3.63, 3.8) is 0 Å². The molecule has 1 aliphatic carbocycles. The van der Waals surface area contributed by atoms with Gasteiger partial charge in [-0.15, -0.1) is 0 Å². The molecule has 0 aromatic heterocycles. The SMILES string of the molecule is C[C@H](OC(=O)CCN1C(=O)NC2(CCCC2)C1=O)C(=O)Nc1ccc(F)cc1F. The Labute approximate surface area is 165 Å². The van der Waals surface area contributed by atoms with Crippen LogP contribution in [0.5, 0.6) is 0 Å². The summed E-state index contributed by atoms with van der Waals surface area (Å²) in [5.74, 6) is -3.69. The number of carbonyl (C=O) groups excluding carboxylic acids is 4. The standard InChI is InChI=1S/C19H21F2N3O5/c1-11(16(26)22-14-5-4-12(20)10-13(14)21)29-15(25)6-9-24-17(27)19(23-18(24)28)7-2-3-8-19/h4-5,10-11H,2-3,6-9H2,1H3,(H,22,26)(H,23,28)/t11-/m0/s1. The van der Waals surface area contributed by atoms with Crippen molar-refractivity contribution in [2.24, 2.45) is 0 Å². The third-order valence-corrected chi connectivity index (χ3v) is 5.11. The molecule has 1 aliphatic heterocycles. The summed E-state index contributed by atoms with van der Waals surface area (Å²) in [6.07, 6.45) is 1.33. The fourth-order valence-corrected chi connectivity index (χ4v) is 3.53. The predicted octanol–water partition coefficient (Wildman–Crippen LogP) is 2.09. The summed E-state index contributed by atoms with van der Waals surface area (Å²) >= 11 is 0.